The second kappa shape index (κ2) is 10.0. The number of nitriles is 1. The van der Waals surface area contributed by atoms with Gasteiger partial charge in [-0.2, -0.15) is 5.26 Å². The molecule has 7 nitrogen and oxygen atoms in total. The summed E-state index contributed by atoms with van der Waals surface area (Å²) < 4.78 is 0. The normalized spacial score (nSPS) is 26.0. The molecular formula is C20H31N3O4. The number of piperidine rings is 1. The number of rotatable bonds is 8. The number of β-amino-alcohol motifs (C(OH)–C–C–N with tert-alkyl or cyclic N) is 1. The third-order valence-electron chi connectivity index (χ3n) is 5.11. The molecule has 4 N–H and O–H groups in total. The van der Waals surface area contributed by atoms with E-state index in [0.717, 1.165) is 37.2 Å². The molecule has 1 aromatic carbocycles. The van der Waals surface area contributed by atoms with Crippen molar-refractivity contribution >= 4 is 5.69 Å². The monoisotopic (exact) mass is 377 g/mol. The number of hydrogen-bond donors (Lipinski definition) is 4. The molecule has 1 heterocycles. The molecule has 7 heteroatoms. The van der Waals surface area contributed by atoms with Crippen molar-refractivity contribution in [1.82, 2.24) is 4.90 Å². The van der Waals surface area contributed by atoms with Crippen molar-refractivity contribution in [2.75, 3.05) is 31.1 Å². The average Bonchev–Trinajstić information content (AvgIpc) is 2.66. The van der Waals surface area contributed by atoms with E-state index in [0.29, 0.717) is 12.1 Å². The van der Waals surface area contributed by atoms with Crippen LogP contribution in [0.15, 0.2) is 18.2 Å². The van der Waals surface area contributed by atoms with Crippen molar-refractivity contribution in [3.05, 3.63) is 29.3 Å². The lowest BCUT2D eigenvalue weighted by atomic mass is 9.93. The zero-order valence-corrected chi connectivity index (χ0v) is 16.1. The van der Waals surface area contributed by atoms with Gasteiger partial charge in [0.15, 0.2) is 0 Å². The Hall–Kier alpha value is -1.69. The van der Waals surface area contributed by atoms with E-state index in [1.54, 1.807) is 4.90 Å². The van der Waals surface area contributed by atoms with Crippen LogP contribution in [0.2, 0.25) is 0 Å². The van der Waals surface area contributed by atoms with Crippen molar-refractivity contribution in [2.24, 2.45) is 0 Å². The molecule has 1 aliphatic heterocycles. The summed E-state index contributed by atoms with van der Waals surface area (Å²) in [4.78, 5) is 3.96. The van der Waals surface area contributed by atoms with Gasteiger partial charge in [0.1, 0.15) is 18.3 Å². The first kappa shape index (κ1) is 21.6. The van der Waals surface area contributed by atoms with Crippen LogP contribution in [0.1, 0.15) is 37.8 Å². The maximum Gasteiger partial charge on any atom is 0.109 e. The quantitative estimate of drug-likeness (QED) is 0.520. The number of aliphatic hydroxyl groups is 4. The number of aliphatic hydroxyl groups excluding tert-OH is 4. The highest BCUT2D eigenvalue weighted by atomic mass is 16.4. The Morgan fingerprint density at radius 2 is 1.81 bits per heavy atom. The van der Waals surface area contributed by atoms with Gasteiger partial charge in [0.2, 0.25) is 0 Å². The van der Waals surface area contributed by atoms with Crippen LogP contribution in [0.5, 0.6) is 0 Å². The predicted molar refractivity (Wildman–Crippen MR) is 103 cm³/mol. The first-order valence-electron chi connectivity index (χ1n) is 9.63. The smallest absolute Gasteiger partial charge is 0.109 e. The Kier molecular flexibility index (Phi) is 8.02. The minimum absolute atomic E-state index is 0.144. The second-order valence-corrected chi connectivity index (χ2v) is 7.18. The van der Waals surface area contributed by atoms with Crippen LogP contribution in [0, 0.1) is 11.3 Å². The SMILES string of the molecule is CCCN(CCC)c1ccc(CN2C[C@H](O)[C@@H](O)[C@@H](O)[C@@H]2CO)cc1C#N. The van der Waals surface area contributed by atoms with Crippen LogP contribution >= 0.6 is 0 Å². The molecule has 0 bridgehead atoms. The van der Waals surface area contributed by atoms with Crippen LogP contribution < -0.4 is 4.90 Å². The Balaban J connectivity index is 2.23. The third kappa shape index (κ3) is 4.98. The van der Waals surface area contributed by atoms with Gasteiger partial charge in [-0.1, -0.05) is 19.9 Å². The summed E-state index contributed by atoms with van der Waals surface area (Å²) in [7, 11) is 0. The van der Waals surface area contributed by atoms with Gasteiger partial charge in [-0.25, -0.2) is 0 Å². The van der Waals surface area contributed by atoms with Gasteiger partial charge in [-0.15, -0.1) is 0 Å². The first-order chi connectivity index (χ1) is 13.0. The Morgan fingerprint density at radius 3 is 2.37 bits per heavy atom. The number of benzene rings is 1. The highest BCUT2D eigenvalue weighted by Crippen LogP contribution is 2.25. The summed E-state index contributed by atoms with van der Waals surface area (Å²) in [5.74, 6) is 0. The molecule has 2 rings (SSSR count). The van der Waals surface area contributed by atoms with E-state index in [1.165, 1.54) is 0 Å². The molecule has 27 heavy (non-hydrogen) atoms. The molecule has 0 amide bonds. The largest absolute Gasteiger partial charge is 0.395 e. The molecule has 1 fully saturated rings. The van der Waals surface area contributed by atoms with E-state index >= 15 is 0 Å². The minimum Gasteiger partial charge on any atom is -0.395 e. The van der Waals surface area contributed by atoms with Crippen LogP contribution in [-0.4, -0.2) is 75.9 Å². The van der Waals surface area contributed by atoms with Crippen LogP contribution in [0.3, 0.4) is 0 Å². The summed E-state index contributed by atoms with van der Waals surface area (Å²) in [6, 6.07) is 7.32. The van der Waals surface area contributed by atoms with E-state index < -0.39 is 24.4 Å². The topological polar surface area (TPSA) is 111 Å². The van der Waals surface area contributed by atoms with E-state index in [9.17, 15) is 25.7 Å². The lowest BCUT2D eigenvalue weighted by Gasteiger charge is -2.43. The highest BCUT2D eigenvalue weighted by Gasteiger charge is 2.40. The number of hydrogen-bond acceptors (Lipinski definition) is 7. The summed E-state index contributed by atoms with van der Waals surface area (Å²) in [6.45, 7) is 6.18. The number of nitrogens with zero attached hydrogens (tertiary/aromatic N) is 3. The molecule has 0 radical (unpaired) electrons. The van der Waals surface area contributed by atoms with Gasteiger partial charge in [-0.05, 0) is 30.5 Å². The van der Waals surface area contributed by atoms with Crippen molar-refractivity contribution in [3.8, 4) is 6.07 Å². The standard InChI is InChI=1S/C20H31N3O4/c1-3-7-22(8-4-2)16-6-5-14(9-15(16)10-21)11-23-12-18(25)20(27)19(26)17(23)13-24/h5-6,9,17-20,24-27H,3-4,7-8,11-13H2,1-2H3/t17-,18-,19-,20+/m0/s1. The van der Waals surface area contributed by atoms with Crippen LogP contribution in [-0.2, 0) is 6.54 Å². The molecule has 1 aliphatic rings. The molecule has 0 unspecified atom stereocenters. The summed E-state index contributed by atoms with van der Waals surface area (Å²) in [5.41, 5.74) is 2.36. The fourth-order valence-electron chi connectivity index (χ4n) is 3.73. The van der Waals surface area contributed by atoms with E-state index in [-0.39, 0.29) is 13.2 Å². The molecule has 150 valence electrons. The summed E-state index contributed by atoms with van der Waals surface area (Å²) in [6.07, 6.45) is -1.58. The molecule has 1 saturated heterocycles. The van der Waals surface area contributed by atoms with E-state index in [4.69, 9.17) is 0 Å². The predicted octanol–water partition coefficient (Wildman–Crippen LogP) is 0.444. The van der Waals surface area contributed by atoms with E-state index in [1.807, 2.05) is 18.2 Å². The van der Waals surface area contributed by atoms with Gasteiger partial charge in [-0.3, -0.25) is 4.90 Å². The molecule has 0 aromatic heterocycles. The molecule has 0 spiro atoms. The summed E-state index contributed by atoms with van der Waals surface area (Å²) in [5, 5.41) is 49.1. The van der Waals surface area contributed by atoms with Crippen molar-refractivity contribution in [1.29, 1.82) is 5.26 Å². The lowest BCUT2D eigenvalue weighted by molar-refractivity contribution is -0.147. The molecule has 4 atom stereocenters. The maximum absolute atomic E-state index is 10.1. The minimum atomic E-state index is -1.27. The van der Waals surface area contributed by atoms with E-state index in [2.05, 4.69) is 24.8 Å². The average molecular weight is 377 g/mol. The molecular weight excluding hydrogens is 346 g/mol. The molecule has 0 saturated carbocycles. The lowest BCUT2D eigenvalue weighted by Crippen LogP contribution is -2.62. The Bertz CT molecular complexity index is 643. The van der Waals surface area contributed by atoms with Gasteiger partial charge in [0.05, 0.1) is 30.0 Å². The number of anilines is 1. The molecule has 0 aliphatic carbocycles. The zero-order valence-electron chi connectivity index (χ0n) is 16.1. The first-order valence-corrected chi connectivity index (χ1v) is 9.63. The summed E-state index contributed by atoms with van der Waals surface area (Å²) >= 11 is 0. The van der Waals surface area contributed by atoms with Crippen molar-refractivity contribution in [2.45, 2.75) is 57.6 Å². The van der Waals surface area contributed by atoms with Crippen LogP contribution in [0.4, 0.5) is 5.69 Å². The fraction of sp³-hybridized carbons (Fsp3) is 0.650. The third-order valence-corrected chi connectivity index (χ3v) is 5.11. The van der Waals surface area contributed by atoms with Gasteiger partial charge >= 0.3 is 0 Å². The number of likely N-dealkylation sites (tertiary alicyclic amines) is 1. The highest BCUT2D eigenvalue weighted by molar-refractivity contribution is 5.60. The van der Waals surface area contributed by atoms with Gasteiger partial charge < -0.3 is 25.3 Å². The Labute approximate surface area is 161 Å². The van der Waals surface area contributed by atoms with Gasteiger partial charge in [0.25, 0.3) is 0 Å². The van der Waals surface area contributed by atoms with Crippen LogP contribution in [0.25, 0.3) is 0 Å². The van der Waals surface area contributed by atoms with Crippen molar-refractivity contribution < 1.29 is 20.4 Å². The zero-order chi connectivity index (χ0) is 20.0. The maximum atomic E-state index is 10.1. The Morgan fingerprint density at radius 1 is 1.15 bits per heavy atom. The molecule has 1 aromatic rings. The van der Waals surface area contributed by atoms with Crippen molar-refractivity contribution in [3.63, 3.8) is 0 Å². The second-order valence-electron chi connectivity index (χ2n) is 7.18. The fourth-order valence-corrected chi connectivity index (χ4v) is 3.73. The van der Waals surface area contributed by atoms with Gasteiger partial charge in [0, 0.05) is 26.2 Å².